The van der Waals surface area contributed by atoms with E-state index in [9.17, 15) is 9.59 Å². The van der Waals surface area contributed by atoms with Crippen LogP contribution in [0.1, 0.15) is 22.8 Å². The van der Waals surface area contributed by atoms with E-state index in [1.807, 2.05) is 6.92 Å². The highest BCUT2D eigenvalue weighted by Gasteiger charge is 2.23. The van der Waals surface area contributed by atoms with Gasteiger partial charge in [0.15, 0.2) is 0 Å². The van der Waals surface area contributed by atoms with Crippen LogP contribution in [0.4, 0.5) is 10.5 Å². The van der Waals surface area contributed by atoms with E-state index in [-0.39, 0.29) is 17.6 Å². The van der Waals surface area contributed by atoms with Crippen molar-refractivity contribution in [3.05, 3.63) is 29.3 Å². The number of hydrogen-bond acceptors (Lipinski definition) is 3. The monoisotopic (exact) mass is 278 g/mol. The maximum Gasteiger partial charge on any atom is 0.335 e. The van der Waals surface area contributed by atoms with Crippen LogP contribution in [0.25, 0.3) is 0 Å². The van der Waals surface area contributed by atoms with E-state index in [4.69, 9.17) is 9.84 Å². The van der Waals surface area contributed by atoms with Gasteiger partial charge in [0.2, 0.25) is 0 Å². The van der Waals surface area contributed by atoms with E-state index < -0.39 is 5.97 Å². The number of hydrogen-bond donors (Lipinski definition) is 2. The van der Waals surface area contributed by atoms with E-state index in [1.54, 1.807) is 24.0 Å². The molecule has 1 unspecified atom stereocenters. The smallest absolute Gasteiger partial charge is 0.335 e. The molecule has 6 nitrogen and oxygen atoms in total. The van der Waals surface area contributed by atoms with Crippen molar-refractivity contribution in [2.75, 3.05) is 25.1 Å². The minimum Gasteiger partial charge on any atom is -0.478 e. The SMILES string of the molecule is Cc1cc(NC(=O)N2CCOCC2C)ccc1C(=O)O. The molecule has 0 radical (unpaired) electrons. The number of morpholine rings is 1. The third-order valence-corrected chi connectivity index (χ3v) is 3.34. The normalized spacial score (nSPS) is 18.7. The second-order valence-corrected chi connectivity index (χ2v) is 4.88. The second-order valence-electron chi connectivity index (χ2n) is 4.88. The molecule has 0 aliphatic carbocycles. The summed E-state index contributed by atoms with van der Waals surface area (Å²) < 4.78 is 5.29. The summed E-state index contributed by atoms with van der Waals surface area (Å²) in [6.45, 7) is 5.26. The van der Waals surface area contributed by atoms with Crippen molar-refractivity contribution in [3.8, 4) is 0 Å². The van der Waals surface area contributed by atoms with Crippen LogP contribution >= 0.6 is 0 Å². The topological polar surface area (TPSA) is 78.9 Å². The lowest BCUT2D eigenvalue weighted by Crippen LogP contribution is -2.48. The number of carboxylic acids is 1. The quantitative estimate of drug-likeness (QED) is 0.866. The number of nitrogens with one attached hydrogen (secondary N) is 1. The number of urea groups is 1. The fourth-order valence-corrected chi connectivity index (χ4v) is 2.21. The van der Waals surface area contributed by atoms with Gasteiger partial charge in [-0.1, -0.05) is 0 Å². The van der Waals surface area contributed by atoms with Crippen LogP contribution < -0.4 is 5.32 Å². The van der Waals surface area contributed by atoms with E-state index >= 15 is 0 Å². The van der Waals surface area contributed by atoms with Crippen LogP contribution in [0.5, 0.6) is 0 Å². The molecule has 1 heterocycles. The van der Waals surface area contributed by atoms with Crippen molar-refractivity contribution < 1.29 is 19.4 Å². The largest absolute Gasteiger partial charge is 0.478 e. The Morgan fingerprint density at radius 1 is 1.45 bits per heavy atom. The van der Waals surface area contributed by atoms with Crippen LogP contribution in [0, 0.1) is 6.92 Å². The maximum absolute atomic E-state index is 12.2. The number of anilines is 1. The van der Waals surface area contributed by atoms with E-state index in [1.165, 1.54) is 6.07 Å². The molecule has 1 atom stereocenters. The molecule has 1 aliphatic rings. The number of nitrogens with zero attached hydrogens (tertiary/aromatic N) is 1. The van der Waals surface area contributed by atoms with Crippen LogP contribution in [-0.2, 0) is 4.74 Å². The van der Waals surface area contributed by atoms with Crippen molar-refractivity contribution in [3.63, 3.8) is 0 Å². The Morgan fingerprint density at radius 3 is 2.80 bits per heavy atom. The van der Waals surface area contributed by atoms with E-state index in [0.717, 1.165) is 0 Å². The summed E-state index contributed by atoms with van der Waals surface area (Å²) in [4.78, 5) is 24.8. The zero-order valence-electron chi connectivity index (χ0n) is 11.5. The molecule has 1 aromatic rings. The zero-order valence-corrected chi connectivity index (χ0v) is 11.5. The summed E-state index contributed by atoms with van der Waals surface area (Å²) in [7, 11) is 0. The van der Waals surface area contributed by atoms with Crippen molar-refractivity contribution in [2.45, 2.75) is 19.9 Å². The molecule has 20 heavy (non-hydrogen) atoms. The molecule has 0 spiro atoms. The average molecular weight is 278 g/mol. The van der Waals surface area contributed by atoms with E-state index in [0.29, 0.717) is 31.0 Å². The molecule has 0 saturated carbocycles. The first-order valence-electron chi connectivity index (χ1n) is 6.48. The standard InChI is InChI=1S/C14H18N2O4/c1-9-7-11(3-4-12(9)13(17)18)15-14(19)16-5-6-20-8-10(16)2/h3-4,7,10H,5-6,8H2,1-2H3,(H,15,19)(H,17,18). The molecular formula is C14H18N2O4. The zero-order chi connectivity index (χ0) is 14.7. The highest BCUT2D eigenvalue weighted by atomic mass is 16.5. The minimum atomic E-state index is -0.970. The van der Waals surface area contributed by atoms with Gasteiger partial charge in [0.05, 0.1) is 24.8 Å². The third-order valence-electron chi connectivity index (χ3n) is 3.34. The Hall–Kier alpha value is -2.08. The molecule has 1 aromatic carbocycles. The van der Waals surface area contributed by atoms with E-state index in [2.05, 4.69) is 5.32 Å². The molecule has 2 N–H and O–H groups in total. The number of ether oxygens (including phenoxy) is 1. The maximum atomic E-state index is 12.2. The first-order chi connectivity index (χ1) is 9.49. The molecule has 108 valence electrons. The highest BCUT2D eigenvalue weighted by molar-refractivity contribution is 5.93. The van der Waals surface area contributed by atoms with Crippen LogP contribution in [0.2, 0.25) is 0 Å². The number of benzene rings is 1. The number of carbonyl (C=O) groups is 2. The molecule has 6 heteroatoms. The van der Waals surface area contributed by atoms with Gasteiger partial charge in [-0.2, -0.15) is 0 Å². The molecule has 2 rings (SSSR count). The Balaban J connectivity index is 2.08. The summed E-state index contributed by atoms with van der Waals surface area (Å²) in [5.74, 6) is -0.970. The van der Waals surface area contributed by atoms with Gasteiger partial charge in [-0.3, -0.25) is 0 Å². The fourth-order valence-electron chi connectivity index (χ4n) is 2.21. The average Bonchev–Trinajstić information content (AvgIpc) is 2.38. The minimum absolute atomic E-state index is 0.0307. The van der Waals surface area contributed by atoms with Crippen LogP contribution in [0.15, 0.2) is 18.2 Å². The summed E-state index contributed by atoms with van der Waals surface area (Å²) >= 11 is 0. The Labute approximate surface area is 117 Å². The fraction of sp³-hybridized carbons (Fsp3) is 0.429. The first kappa shape index (κ1) is 14.3. The lowest BCUT2D eigenvalue weighted by atomic mass is 10.1. The van der Waals surface area contributed by atoms with Gasteiger partial charge in [0.1, 0.15) is 0 Å². The summed E-state index contributed by atoms with van der Waals surface area (Å²) in [6, 6.07) is 4.59. The lowest BCUT2D eigenvalue weighted by molar-refractivity contribution is 0.0222. The van der Waals surface area contributed by atoms with Crippen LogP contribution in [-0.4, -0.2) is 47.8 Å². The van der Waals surface area contributed by atoms with Crippen molar-refractivity contribution in [1.29, 1.82) is 0 Å². The van der Waals surface area contributed by atoms with Crippen molar-refractivity contribution in [2.24, 2.45) is 0 Å². The molecule has 1 fully saturated rings. The summed E-state index contributed by atoms with van der Waals surface area (Å²) in [6.07, 6.45) is 0. The molecule has 0 aromatic heterocycles. The van der Waals surface area contributed by atoms with Gasteiger partial charge in [-0.05, 0) is 37.6 Å². The number of aromatic carboxylic acids is 1. The second kappa shape index (κ2) is 5.92. The van der Waals surface area contributed by atoms with Gasteiger partial charge in [0.25, 0.3) is 0 Å². The number of rotatable bonds is 2. The molecular weight excluding hydrogens is 260 g/mol. The van der Waals surface area contributed by atoms with Gasteiger partial charge in [-0.15, -0.1) is 0 Å². The Bertz CT molecular complexity index is 530. The van der Waals surface area contributed by atoms with Crippen molar-refractivity contribution in [1.82, 2.24) is 4.90 Å². The number of carboxylic acid groups (broad SMARTS) is 1. The highest BCUT2D eigenvalue weighted by Crippen LogP contribution is 2.17. The van der Waals surface area contributed by atoms with Gasteiger partial charge in [-0.25, -0.2) is 9.59 Å². The number of aryl methyl sites for hydroxylation is 1. The Kier molecular flexibility index (Phi) is 4.24. The molecule has 0 bridgehead atoms. The molecule has 1 aliphatic heterocycles. The predicted octanol–water partition coefficient (Wildman–Crippen LogP) is 1.95. The van der Waals surface area contributed by atoms with Crippen molar-refractivity contribution >= 4 is 17.7 Å². The predicted molar refractivity (Wildman–Crippen MR) is 74.1 cm³/mol. The molecule has 2 amide bonds. The van der Waals surface area contributed by atoms with Gasteiger partial charge < -0.3 is 20.1 Å². The van der Waals surface area contributed by atoms with Gasteiger partial charge >= 0.3 is 12.0 Å². The molecule has 1 saturated heterocycles. The lowest BCUT2D eigenvalue weighted by Gasteiger charge is -2.33. The number of carbonyl (C=O) groups excluding carboxylic acids is 1. The number of amides is 2. The first-order valence-corrected chi connectivity index (χ1v) is 6.48. The summed E-state index contributed by atoms with van der Waals surface area (Å²) in [5.41, 5.74) is 1.45. The summed E-state index contributed by atoms with van der Waals surface area (Å²) in [5, 5.41) is 11.8. The van der Waals surface area contributed by atoms with Gasteiger partial charge in [0, 0.05) is 12.2 Å². The van der Waals surface area contributed by atoms with Crippen LogP contribution in [0.3, 0.4) is 0 Å². The Morgan fingerprint density at radius 2 is 2.20 bits per heavy atom. The third kappa shape index (κ3) is 3.08.